The smallest absolute Gasteiger partial charge is 0.239 e. The second kappa shape index (κ2) is 8.52. The Bertz CT molecular complexity index is 348. The first-order valence-electron chi connectivity index (χ1n) is 6.68. The lowest BCUT2D eigenvalue weighted by Gasteiger charge is -2.20. The largest absolute Gasteiger partial charge is 0.350 e. The molecule has 20 heavy (non-hydrogen) atoms. The lowest BCUT2D eigenvalue weighted by atomic mass is 10.1. The molecule has 7 nitrogen and oxygen atoms in total. The maximum Gasteiger partial charge on any atom is 0.239 e. The van der Waals surface area contributed by atoms with Crippen LogP contribution in [0.2, 0.25) is 0 Å². The minimum absolute atomic E-state index is 0.101. The molecule has 116 valence electrons. The molecule has 0 saturated heterocycles. The van der Waals surface area contributed by atoms with E-state index in [1.54, 1.807) is 0 Å². The van der Waals surface area contributed by atoms with Gasteiger partial charge in [0.15, 0.2) is 0 Å². The predicted molar refractivity (Wildman–Crippen MR) is 77.1 cm³/mol. The third-order valence-electron chi connectivity index (χ3n) is 2.08. The highest BCUT2D eigenvalue weighted by molar-refractivity contribution is 5.88. The zero-order chi connectivity index (χ0) is 15.8. The molecule has 0 saturated carbocycles. The van der Waals surface area contributed by atoms with Crippen molar-refractivity contribution in [3.8, 4) is 0 Å². The van der Waals surface area contributed by atoms with Crippen molar-refractivity contribution in [2.24, 2.45) is 0 Å². The molecule has 0 aromatic carbocycles. The van der Waals surface area contributed by atoms with Crippen molar-refractivity contribution in [2.45, 2.75) is 46.2 Å². The molecule has 0 fully saturated rings. The Labute approximate surface area is 120 Å². The van der Waals surface area contributed by atoms with Crippen LogP contribution in [-0.2, 0) is 14.4 Å². The van der Waals surface area contributed by atoms with Gasteiger partial charge in [0, 0.05) is 11.6 Å². The number of carbonyl (C=O) groups is 3. The fourth-order valence-corrected chi connectivity index (χ4v) is 1.24. The Balaban J connectivity index is 3.79. The van der Waals surface area contributed by atoms with Crippen LogP contribution >= 0.6 is 0 Å². The minimum atomic E-state index is -0.396. The first kappa shape index (κ1) is 18.4. The van der Waals surface area contributed by atoms with E-state index in [2.05, 4.69) is 21.3 Å². The second-order valence-corrected chi connectivity index (χ2v) is 5.89. The van der Waals surface area contributed by atoms with Gasteiger partial charge < -0.3 is 21.3 Å². The van der Waals surface area contributed by atoms with E-state index in [0.29, 0.717) is 0 Å². The Morgan fingerprint density at radius 3 is 1.75 bits per heavy atom. The van der Waals surface area contributed by atoms with Gasteiger partial charge in [0.25, 0.3) is 0 Å². The van der Waals surface area contributed by atoms with Crippen LogP contribution in [0.1, 0.15) is 34.6 Å². The summed E-state index contributed by atoms with van der Waals surface area (Å²) in [6.45, 7) is 9.34. The molecule has 0 aliphatic rings. The number of hydrogen-bond acceptors (Lipinski definition) is 4. The normalized spacial score (nSPS) is 11.1. The van der Waals surface area contributed by atoms with Gasteiger partial charge in [-0.1, -0.05) is 13.8 Å². The zero-order valence-electron chi connectivity index (χ0n) is 12.9. The van der Waals surface area contributed by atoms with E-state index in [1.807, 2.05) is 34.6 Å². The first-order valence-corrected chi connectivity index (χ1v) is 6.68. The van der Waals surface area contributed by atoms with Crippen molar-refractivity contribution in [1.29, 1.82) is 0 Å². The minimum Gasteiger partial charge on any atom is -0.350 e. The molecular weight excluding hydrogens is 260 g/mol. The number of rotatable bonds is 7. The number of hydrogen-bond donors (Lipinski definition) is 4. The zero-order valence-corrected chi connectivity index (χ0v) is 12.9. The maximum atomic E-state index is 11.5. The summed E-state index contributed by atoms with van der Waals surface area (Å²) in [6, 6.07) is 0.204. The number of carbonyl (C=O) groups excluding carboxylic acids is 3. The van der Waals surface area contributed by atoms with Gasteiger partial charge in [-0.25, -0.2) is 0 Å². The van der Waals surface area contributed by atoms with E-state index in [0.717, 1.165) is 0 Å². The van der Waals surface area contributed by atoms with E-state index in [-0.39, 0.29) is 43.0 Å². The van der Waals surface area contributed by atoms with Gasteiger partial charge in [-0.2, -0.15) is 0 Å². The molecule has 0 aliphatic carbocycles. The van der Waals surface area contributed by atoms with Gasteiger partial charge in [0.1, 0.15) is 0 Å². The molecule has 0 heterocycles. The lowest BCUT2D eigenvalue weighted by molar-refractivity contribution is -0.127. The average molecular weight is 286 g/mol. The Hall–Kier alpha value is -1.63. The van der Waals surface area contributed by atoms with Crippen molar-refractivity contribution < 1.29 is 14.4 Å². The SMILES string of the molecule is CC(C)NCC(=O)NCC(=O)NCC(=O)NC(C)(C)C. The molecule has 3 amide bonds. The lowest BCUT2D eigenvalue weighted by Crippen LogP contribution is -2.48. The summed E-state index contributed by atoms with van der Waals surface area (Å²) in [4.78, 5) is 34.2. The highest BCUT2D eigenvalue weighted by Gasteiger charge is 2.14. The van der Waals surface area contributed by atoms with Crippen molar-refractivity contribution in [3.05, 3.63) is 0 Å². The van der Waals surface area contributed by atoms with Crippen LogP contribution in [0.4, 0.5) is 0 Å². The summed E-state index contributed by atoms with van der Waals surface area (Å²) in [5.74, 6) is -0.918. The quantitative estimate of drug-likeness (QED) is 0.489. The standard InChI is InChI=1S/C13H26N4O3/c1-9(2)14-6-10(18)15-7-11(19)16-8-12(20)17-13(3,4)5/h9,14H,6-8H2,1-5H3,(H,15,18)(H,16,19)(H,17,20). The fourth-order valence-electron chi connectivity index (χ4n) is 1.24. The van der Waals surface area contributed by atoms with Crippen LogP contribution in [0.25, 0.3) is 0 Å². The fraction of sp³-hybridized carbons (Fsp3) is 0.769. The van der Waals surface area contributed by atoms with Crippen molar-refractivity contribution in [1.82, 2.24) is 21.3 Å². The predicted octanol–water partition coefficient (Wildman–Crippen LogP) is -0.868. The monoisotopic (exact) mass is 286 g/mol. The maximum absolute atomic E-state index is 11.5. The summed E-state index contributed by atoms with van der Waals surface area (Å²) in [5.41, 5.74) is -0.335. The molecule has 4 N–H and O–H groups in total. The summed E-state index contributed by atoms with van der Waals surface area (Å²) in [5, 5.41) is 10.6. The third-order valence-corrected chi connectivity index (χ3v) is 2.08. The summed E-state index contributed by atoms with van der Waals surface area (Å²) < 4.78 is 0. The highest BCUT2D eigenvalue weighted by atomic mass is 16.2. The molecular formula is C13H26N4O3. The molecule has 7 heteroatoms. The van der Waals surface area contributed by atoms with Crippen LogP contribution in [0.15, 0.2) is 0 Å². The molecule has 0 bridgehead atoms. The first-order chi connectivity index (χ1) is 9.10. The molecule has 0 spiro atoms. The molecule has 0 radical (unpaired) electrons. The Morgan fingerprint density at radius 2 is 1.30 bits per heavy atom. The highest BCUT2D eigenvalue weighted by Crippen LogP contribution is 1.96. The Kier molecular flexibility index (Phi) is 7.83. The van der Waals surface area contributed by atoms with Gasteiger partial charge in [0.05, 0.1) is 19.6 Å². The van der Waals surface area contributed by atoms with Crippen LogP contribution < -0.4 is 21.3 Å². The van der Waals surface area contributed by atoms with E-state index in [4.69, 9.17) is 0 Å². The van der Waals surface area contributed by atoms with Gasteiger partial charge in [-0.3, -0.25) is 14.4 Å². The summed E-state index contributed by atoms with van der Waals surface area (Å²) in [6.07, 6.45) is 0. The number of nitrogens with one attached hydrogen (secondary N) is 4. The van der Waals surface area contributed by atoms with Crippen LogP contribution in [0.3, 0.4) is 0 Å². The van der Waals surface area contributed by atoms with E-state index >= 15 is 0 Å². The van der Waals surface area contributed by atoms with Gasteiger partial charge in [0.2, 0.25) is 17.7 Å². The van der Waals surface area contributed by atoms with E-state index < -0.39 is 5.91 Å². The van der Waals surface area contributed by atoms with Crippen LogP contribution in [0, 0.1) is 0 Å². The van der Waals surface area contributed by atoms with Gasteiger partial charge in [-0.15, -0.1) is 0 Å². The average Bonchev–Trinajstić information content (AvgIpc) is 2.29. The van der Waals surface area contributed by atoms with Crippen LogP contribution in [0.5, 0.6) is 0 Å². The Morgan fingerprint density at radius 1 is 0.850 bits per heavy atom. The van der Waals surface area contributed by atoms with E-state index in [1.165, 1.54) is 0 Å². The second-order valence-electron chi connectivity index (χ2n) is 5.89. The summed E-state index contributed by atoms with van der Waals surface area (Å²) >= 11 is 0. The molecule has 0 aromatic heterocycles. The van der Waals surface area contributed by atoms with E-state index in [9.17, 15) is 14.4 Å². The van der Waals surface area contributed by atoms with Crippen LogP contribution in [-0.4, -0.2) is 48.9 Å². The topological polar surface area (TPSA) is 99.3 Å². The van der Waals surface area contributed by atoms with Crippen molar-refractivity contribution in [2.75, 3.05) is 19.6 Å². The summed E-state index contributed by atoms with van der Waals surface area (Å²) in [7, 11) is 0. The molecule has 0 unspecified atom stereocenters. The van der Waals surface area contributed by atoms with Gasteiger partial charge >= 0.3 is 0 Å². The molecule has 0 aliphatic heterocycles. The van der Waals surface area contributed by atoms with Gasteiger partial charge in [-0.05, 0) is 20.8 Å². The molecule has 0 rings (SSSR count). The molecule has 0 atom stereocenters. The van der Waals surface area contributed by atoms with Crippen molar-refractivity contribution in [3.63, 3.8) is 0 Å². The molecule has 0 aromatic rings. The third kappa shape index (κ3) is 11.5. The number of amides is 3. The van der Waals surface area contributed by atoms with Crippen molar-refractivity contribution >= 4 is 17.7 Å².